The molecule has 13 heavy (non-hydrogen) atoms. The van der Waals surface area contributed by atoms with Crippen LogP contribution in [-0.2, 0) is 9.59 Å². The summed E-state index contributed by atoms with van der Waals surface area (Å²) < 4.78 is 0. The minimum atomic E-state index is -1.09. The van der Waals surface area contributed by atoms with Crippen LogP contribution in [0.25, 0.3) is 0 Å². The number of carbonyl (C=O) groups is 3. The van der Waals surface area contributed by atoms with E-state index in [1.165, 1.54) is 4.90 Å². The average molecular weight is 186 g/mol. The lowest BCUT2D eigenvalue weighted by Gasteiger charge is -2.17. The Morgan fingerprint density at radius 2 is 2.23 bits per heavy atom. The molecule has 1 aliphatic heterocycles. The van der Waals surface area contributed by atoms with E-state index in [0.29, 0.717) is 6.54 Å². The SMILES string of the molecule is CCN1C(=O)NC(=O)C1CC(=O)O. The van der Waals surface area contributed by atoms with Gasteiger partial charge >= 0.3 is 12.0 Å². The fourth-order valence-corrected chi connectivity index (χ4v) is 1.28. The Hall–Kier alpha value is -1.59. The summed E-state index contributed by atoms with van der Waals surface area (Å²) in [6.07, 6.45) is -0.342. The highest BCUT2D eigenvalue weighted by atomic mass is 16.4. The smallest absolute Gasteiger partial charge is 0.324 e. The van der Waals surface area contributed by atoms with Crippen molar-refractivity contribution in [2.75, 3.05) is 6.54 Å². The molecule has 0 spiro atoms. The molecule has 1 heterocycles. The molecule has 1 unspecified atom stereocenters. The zero-order chi connectivity index (χ0) is 10.0. The fourth-order valence-electron chi connectivity index (χ4n) is 1.28. The lowest BCUT2D eigenvalue weighted by atomic mass is 10.2. The number of nitrogens with one attached hydrogen (secondary N) is 1. The number of likely N-dealkylation sites (N-methyl/N-ethyl adjacent to an activating group) is 1. The molecule has 2 N–H and O–H groups in total. The monoisotopic (exact) mass is 186 g/mol. The van der Waals surface area contributed by atoms with Gasteiger partial charge in [-0.2, -0.15) is 0 Å². The summed E-state index contributed by atoms with van der Waals surface area (Å²) >= 11 is 0. The van der Waals surface area contributed by atoms with Crippen LogP contribution in [0, 0.1) is 0 Å². The summed E-state index contributed by atoms with van der Waals surface area (Å²) in [4.78, 5) is 33.6. The Labute approximate surface area is 74.5 Å². The first-order chi connectivity index (χ1) is 6.06. The Kier molecular flexibility index (Phi) is 2.50. The van der Waals surface area contributed by atoms with Gasteiger partial charge in [-0.15, -0.1) is 0 Å². The number of amides is 3. The Bertz CT molecular complexity index is 263. The van der Waals surface area contributed by atoms with Gasteiger partial charge in [0.2, 0.25) is 0 Å². The van der Waals surface area contributed by atoms with Crippen LogP contribution in [0.15, 0.2) is 0 Å². The van der Waals surface area contributed by atoms with E-state index in [-0.39, 0.29) is 6.42 Å². The Balaban J connectivity index is 2.74. The molecule has 0 bridgehead atoms. The Morgan fingerprint density at radius 3 is 2.69 bits per heavy atom. The van der Waals surface area contributed by atoms with Crippen LogP contribution in [0.2, 0.25) is 0 Å². The number of urea groups is 1. The highest BCUT2D eigenvalue weighted by molar-refractivity contribution is 6.05. The molecule has 0 aromatic rings. The van der Waals surface area contributed by atoms with Gasteiger partial charge < -0.3 is 10.0 Å². The molecule has 3 amide bonds. The number of hydrogen-bond donors (Lipinski definition) is 2. The van der Waals surface area contributed by atoms with Crippen LogP contribution in [0.4, 0.5) is 4.79 Å². The van der Waals surface area contributed by atoms with Crippen molar-refractivity contribution in [3.63, 3.8) is 0 Å². The molecular formula is C7H10N2O4. The van der Waals surface area contributed by atoms with E-state index >= 15 is 0 Å². The Morgan fingerprint density at radius 1 is 1.62 bits per heavy atom. The fraction of sp³-hybridized carbons (Fsp3) is 0.571. The first-order valence-corrected chi connectivity index (χ1v) is 3.89. The summed E-state index contributed by atoms with van der Waals surface area (Å²) in [6, 6.07) is -1.37. The third-order valence-corrected chi connectivity index (χ3v) is 1.88. The average Bonchev–Trinajstić information content (AvgIpc) is 2.26. The third-order valence-electron chi connectivity index (χ3n) is 1.88. The number of aliphatic carboxylic acids is 1. The molecule has 0 aromatic carbocycles. The summed E-state index contributed by atoms with van der Waals surface area (Å²) in [6.45, 7) is 2.02. The normalized spacial score (nSPS) is 21.9. The maximum Gasteiger partial charge on any atom is 0.324 e. The van der Waals surface area contributed by atoms with Crippen molar-refractivity contribution < 1.29 is 19.5 Å². The first kappa shape index (κ1) is 9.50. The lowest BCUT2D eigenvalue weighted by Crippen LogP contribution is -2.36. The molecule has 6 nitrogen and oxygen atoms in total. The predicted octanol–water partition coefficient (Wildman–Crippen LogP) is -0.599. The number of rotatable bonds is 3. The molecule has 6 heteroatoms. The quantitative estimate of drug-likeness (QED) is 0.576. The van der Waals surface area contributed by atoms with Crippen LogP contribution < -0.4 is 5.32 Å². The zero-order valence-corrected chi connectivity index (χ0v) is 7.11. The second kappa shape index (κ2) is 3.42. The molecule has 1 aliphatic rings. The highest BCUT2D eigenvalue weighted by Gasteiger charge is 2.38. The zero-order valence-electron chi connectivity index (χ0n) is 7.11. The minimum absolute atomic E-state index is 0.329. The van der Waals surface area contributed by atoms with Gasteiger partial charge in [0, 0.05) is 6.54 Å². The number of hydrogen-bond acceptors (Lipinski definition) is 3. The number of nitrogens with zero attached hydrogens (tertiary/aromatic N) is 1. The summed E-state index contributed by atoms with van der Waals surface area (Å²) in [5.74, 6) is -1.62. The number of imide groups is 1. The van der Waals surface area contributed by atoms with Gasteiger partial charge in [-0.3, -0.25) is 14.9 Å². The molecule has 1 rings (SSSR count). The summed E-state index contributed by atoms with van der Waals surface area (Å²) in [7, 11) is 0. The number of carbonyl (C=O) groups excluding carboxylic acids is 2. The van der Waals surface area contributed by atoms with E-state index in [0.717, 1.165) is 0 Å². The molecule has 72 valence electrons. The van der Waals surface area contributed by atoms with Crippen molar-refractivity contribution in [3.8, 4) is 0 Å². The standard InChI is InChI=1S/C7H10N2O4/c1-2-9-4(3-5(10)11)6(12)8-7(9)13/h4H,2-3H2,1H3,(H,10,11)(H,8,12,13). The van der Waals surface area contributed by atoms with Gasteiger partial charge in [0.05, 0.1) is 6.42 Å². The van der Waals surface area contributed by atoms with E-state index in [2.05, 4.69) is 5.32 Å². The number of carboxylic acids is 1. The van der Waals surface area contributed by atoms with Crippen LogP contribution in [0.3, 0.4) is 0 Å². The van der Waals surface area contributed by atoms with E-state index < -0.39 is 23.9 Å². The maximum atomic E-state index is 11.1. The van der Waals surface area contributed by atoms with E-state index in [1.54, 1.807) is 6.92 Å². The van der Waals surface area contributed by atoms with Crippen molar-refractivity contribution in [1.29, 1.82) is 0 Å². The largest absolute Gasteiger partial charge is 0.481 e. The van der Waals surface area contributed by atoms with Gasteiger partial charge in [-0.25, -0.2) is 4.79 Å². The van der Waals surface area contributed by atoms with Crippen molar-refractivity contribution in [2.45, 2.75) is 19.4 Å². The van der Waals surface area contributed by atoms with E-state index in [4.69, 9.17) is 5.11 Å². The van der Waals surface area contributed by atoms with Gasteiger partial charge in [0.1, 0.15) is 6.04 Å². The van der Waals surface area contributed by atoms with Crippen molar-refractivity contribution in [1.82, 2.24) is 10.2 Å². The lowest BCUT2D eigenvalue weighted by molar-refractivity contribution is -0.140. The second-order valence-electron chi connectivity index (χ2n) is 2.69. The van der Waals surface area contributed by atoms with Crippen LogP contribution in [0.1, 0.15) is 13.3 Å². The topological polar surface area (TPSA) is 86.7 Å². The van der Waals surface area contributed by atoms with Gasteiger partial charge in [0.25, 0.3) is 5.91 Å². The van der Waals surface area contributed by atoms with E-state index in [1.807, 2.05) is 0 Å². The minimum Gasteiger partial charge on any atom is -0.481 e. The van der Waals surface area contributed by atoms with Gasteiger partial charge in [-0.1, -0.05) is 0 Å². The second-order valence-corrected chi connectivity index (χ2v) is 2.69. The molecule has 0 aliphatic carbocycles. The van der Waals surface area contributed by atoms with Gasteiger partial charge in [0.15, 0.2) is 0 Å². The van der Waals surface area contributed by atoms with Crippen molar-refractivity contribution in [3.05, 3.63) is 0 Å². The first-order valence-electron chi connectivity index (χ1n) is 3.89. The van der Waals surface area contributed by atoms with Gasteiger partial charge in [-0.05, 0) is 6.92 Å². The van der Waals surface area contributed by atoms with Crippen LogP contribution in [-0.4, -0.2) is 40.5 Å². The predicted molar refractivity (Wildman–Crippen MR) is 42.0 cm³/mol. The van der Waals surface area contributed by atoms with Crippen molar-refractivity contribution >= 4 is 17.9 Å². The van der Waals surface area contributed by atoms with Crippen molar-refractivity contribution in [2.24, 2.45) is 0 Å². The molecule has 0 radical (unpaired) electrons. The van der Waals surface area contributed by atoms with Crippen LogP contribution in [0.5, 0.6) is 0 Å². The van der Waals surface area contributed by atoms with Crippen LogP contribution >= 0.6 is 0 Å². The molecule has 1 fully saturated rings. The van der Waals surface area contributed by atoms with E-state index in [9.17, 15) is 14.4 Å². The number of carboxylic acid groups (broad SMARTS) is 1. The molecule has 1 saturated heterocycles. The molecular weight excluding hydrogens is 176 g/mol. The maximum absolute atomic E-state index is 11.1. The highest BCUT2D eigenvalue weighted by Crippen LogP contribution is 2.11. The summed E-state index contributed by atoms with van der Waals surface area (Å²) in [5, 5.41) is 10.5. The molecule has 0 saturated carbocycles. The molecule has 1 atom stereocenters. The molecule has 0 aromatic heterocycles. The summed E-state index contributed by atoms with van der Waals surface area (Å²) in [5.41, 5.74) is 0. The third kappa shape index (κ3) is 1.77.